The fourth-order valence-electron chi connectivity index (χ4n) is 2.57. The SMILES string of the molecule is COC(=O)c1cccc(NC(=O)CSc2ncc(-c3ccccc3)n2C)c1. The average molecular weight is 381 g/mol. The van der Waals surface area contributed by atoms with E-state index < -0.39 is 5.97 Å². The standard InChI is InChI=1S/C20H19N3O3S/c1-23-17(14-7-4-3-5-8-14)12-21-20(23)27-13-18(24)22-16-10-6-9-15(11-16)19(25)26-2/h3-12H,13H2,1-2H3,(H,22,24). The zero-order valence-corrected chi connectivity index (χ0v) is 15.8. The van der Waals surface area contributed by atoms with Crippen LogP contribution in [0.5, 0.6) is 0 Å². The van der Waals surface area contributed by atoms with Crippen LogP contribution in [0.4, 0.5) is 5.69 Å². The van der Waals surface area contributed by atoms with E-state index in [2.05, 4.69) is 15.0 Å². The Morgan fingerprint density at radius 2 is 1.93 bits per heavy atom. The van der Waals surface area contributed by atoms with Crippen molar-refractivity contribution in [1.29, 1.82) is 0 Å². The molecule has 1 N–H and O–H groups in total. The minimum absolute atomic E-state index is 0.175. The van der Waals surface area contributed by atoms with Crippen molar-refractivity contribution >= 4 is 29.3 Å². The summed E-state index contributed by atoms with van der Waals surface area (Å²) in [5.74, 6) is -0.408. The van der Waals surface area contributed by atoms with Gasteiger partial charge in [-0.05, 0) is 23.8 Å². The van der Waals surface area contributed by atoms with E-state index in [4.69, 9.17) is 0 Å². The number of benzene rings is 2. The molecule has 0 saturated heterocycles. The highest BCUT2D eigenvalue weighted by Gasteiger charge is 2.12. The molecule has 0 bridgehead atoms. The Bertz CT molecular complexity index is 954. The Morgan fingerprint density at radius 1 is 1.15 bits per heavy atom. The summed E-state index contributed by atoms with van der Waals surface area (Å²) < 4.78 is 6.65. The van der Waals surface area contributed by atoms with Gasteiger partial charge in [-0.25, -0.2) is 9.78 Å². The maximum Gasteiger partial charge on any atom is 0.337 e. The Balaban J connectivity index is 1.62. The first-order valence-corrected chi connectivity index (χ1v) is 9.25. The molecule has 6 nitrogen and oxygen atoms in total. The number of esters is 1. The predicted octanol–water partition coefficient (Wildman–Crippen LogP) is 3.60. The van der Waals surface area contributed by atoms with Crippen molar-refractivity contribution in [2.45, 2.75) is 5.16 Å². The van der Waals surface area contributed by atoms with Gasteiger partial charge in [0.05, 0.1) is 30.3 Å². The number of ether oxygens (including phenoxy) is 1. The maximum atomic E-state index is 12.2. The summed E-state index contributed by atoms with van der Waals surface area (Å²) in [7, 11) is 3.25. The van der Waals surface area contributed by atoms with Crippen LogP contribution in [0.15, 0.2) is 66.0 Å². The Hall–Kier alpha value is -3.06. The van der Waals surface area contributed by atoms with Crippen LogP contribution in [0.3, 0.4) is 0 Å². The molecule has 1 aromatic heterocycles. The molecule has 1 heterocycles. The van der Waals surface area contributed by atoms with E-state index in [-0.39, 0.29) is 11.7 Å². The minimum Gasteiger partial charge on any atom is -0.465 e. The molecule has 2 aromatic carbocycles. The van der Waals surface area contributed by atoms with Crippen molar-refractivity contribution in [3.63, 3.8) is 0 Å². The van der Waals surface area contributed by atoms with Crippen molar-refractivity contribution < 1.29 is 14.3 Å². The van der Waals surface area contributed by atoms with Crippen LogP contribution in [0, 0.1) is 0 Å². The molecule has 0 saturated carbocycles. The summed E-state index contributed by atoms with van der Waals surface area (Å²) in [6, 6.07) is 16.6. The number of carbonyl (C=O) groups excluding carboxylic acids is 2. The number of imidazole rings is 1. The van der Waals surface area contributed by atoms with Crippen LogP contribution in [0.2, 0.25) is 0 Å². The van der Waals surface area contributed by atoms with Gasteiger partial charge in [0.2, 0.25) is 5.91 Å². The molecule has 0 aliphatic heterocycles. The summed E-state index contributed by atoms with van der Waals surface area (Å²) in [5.41, 5.74) is 3.00. The smallest absolute Gasteiger partial charge is 0.337 e. The van der Waals surface area contributed by atoms with Gasteiger partial charge in [0.15, 0.2) is 5.16 Å². The molecule has 27 heavy (non-hydrogen) atoms. The van der Waals surface area contributed by atoms with Crippen molar-refractivity contribution in [1.82, 2.24) is 9.55 Å². The number of aromatic nitrogens is 2. The Morgan fingerprint density at radius 3 is 2.67 bits per heavy atom. The molecule has 0 aliphatic carbocycles. The van der Waals surface area contributed by atoms with Crippen molar-refractivity contribution in [3.05, 3.63) is 66.4 Å². The van der Waals surface area contributed by atoms with E-state index in [1.54, 1.807) is 30.5 Å². The summed E-state index contributed by atoms with van der Waals surface area (Å²) >= 11 is 1.35. The van der Waals surface area contributed by atoms with Gasteiger partial charge in [-0.15, -0.1) is 0 Å². The average Bonchev–Trinajstić information content (AvgIpc) is 3.07. The van der Waals surface area contributed by atoms with Gasteiger partial charge >= 0.3 is 5.97 Å². The van der Waals surface area contributed by atoms with Gasteiger partial charge in [-0.3, -0.25) is 4.79 Å². The molecule has 3 aromatic rings. The number of carbonyl (C=O) groups is 2. The molecule has 7 heteroatoms. The molecular weight excluding hydrogens is 362 g/mol. The summed E-state index contributed by atoms with van der Waals surface area (Å²) in [5, 5.41) is 3.54. The molecule has 0 spiro atoms. The number of nitrogens with one attached hydrogen (secondary N) is 1. The van der Waals surface area contributed by atoms with Crippen LogP contribution in [0.1, 0.15) is 10.4 Å². The van der Waals surface area contributed by atoms with Crippen LogP contribution in [0.25, 0.3) is 11.3 Å². The number of rotatable bonds is 6. The third-order valence-corrected chi connectivity index (χ3v) is 4.96. The zero-order chi connectivity index (χ0) is 19.2. The Labute approximate surface area is 161 Å². The van der Waals surface area contributed by atoms with E-state index >= 15 is 0 Å². The summed E-state index contributed by atoms with van der Waals surface area (Å²) in [4.78, 5) is 28.2. The quantitative estimate of drug-likeness (QED) is 0.522. The van der Waals surface area contributed by atoms with E-state index in [1.807, 2.05) is 41.9 Å². The first-order chi connectivity index (χ1) is 13.1. The topological polar surface area (TPSA) is 73.2 Å². The number of nitrogens with zero attached hydrogens (tertiary/aromatic N) is 2. The number of amides is 1. The lowest BCUT2D eigenvalue weighted by atomic mass is 10.2. The fraction of sp³-hybridized carbons (Fsp3) is 0.150. The number of hydrogen-bond acceptors (Lipinski definition) is 5. The minimum atomic E-state index is -0.443. The first kappa shape index (κ1) is 18.7. The zero-order valence-electron chi connectivity index (χ0n) is 15.0. The summed E-state index contributed by atoms with van der Waals surface area (Å²) in [6.45, 7) is 0. The molecule has 0 fully saturated rings. The highest BCUT2D eigenvalue weighted by Crippen LogP contribution is 2.24. The largest absolute Gasteiger partial charge is 0.465 e. The highest BCUT2D eigenvalue weighted by atomic mass is 32.2. The predicted molar refractivity (Wildman–Crippen MR) is 106 cm³/mol. The van der Waals surface area contributed by atoms with E-state index in [9.17, 15) is 9.59 Å². The van der Waals surface area contributed by atoms with E-state index in [1.165, 1.54) is 18.9 Å². The van der Waals surface area contributed by atoms with Gasteiger partial charge in [0, 0.05) is 12.7 Å². The van der Waals surface area contributed by atoms with Crippen molar-refractivity contribution in [2.24, 2.45) is 7.05 Å². The highest BCUT2D eigenvalue weighted by molar-refractivity contribution is 7.99. The van der Waals surface area contributed by atoms with Gasteiger partial charge in [0.1, 0.15) is 0 Å². The molecule has 138 valence electrons. The first-order valence-electron chi connectivity index (χ1n) is 8.26. The fourth-order valence-corrected chi connectivity index (χ4v) is 3.32. The van der Waals surface area contributed by atoms with Crippen LogP contribution in [-0.2, 0) is 16.6 Å². The lowest BCUT2D eigenvalue weighted by Gasteiger charge is -2.08. The Kier molecular flexibility index (Phi) is 5.93. The van der Waals surface area contributed by atoms with Gasteiger partial charge in [-0.1, -0.05) is 48.2 Å². The van der Waals surface area contributed by atoms with Crippen LogP contribution >= 0.6 is 11.8 Å². The van der Waals surface area contributed by atoms with Gasteiger partial charge in [0.25, 0.3) is 0 Å². The molecule has 0 unspecified atom stereocenters. The molecular formula is C20H19N3O3S. The second-order valence-electron chi connectivity index (χ2n) is 5.76. The molecule has 0 radical (unpaired) electrons. The number of methoxy groups -OCH3 is 1. The third-order valence-electron chi connectivity index (χ3n) is 3.91. The second kappa shape index (κ2) is 8.55. The normalized spacial score (nSPS) is 10.4. The monoisotopic (exact) mass is 381 g/mol. The third kappa shape index (κ3) is 4.57. The van der Waals surface area contributed by atoms with Crippen LogP contribution < -0.4 is 5.32 Å². The number of anilines is 1. The van der Waals surface area contributed by atoms with E-state index in [0.29, 0.717) is 11.3 Å². The van der Waals surface area contributed by atoms with E-state index in [0.717, 1.165) is 16.4 Å². The van der Waals surface area contributed by atoms with Crippen molar-refractivity contribution in [3.8, 4) is 11.3 Å². The lowest BCUT2D eigenvalue weighted by molar-refractivity contribution is -0.113. The molecule has 0 atom stereocenters. The van der Waals surface area contributed by atoms with Crippen molar-refractivity contribution in [2.75, 3.05) is 18.2 Å². The van der Waals surface area contributed by atoms with Crippen LogP contribution in [-0.4, -0.2) is 34.3 Å². The molecule has 0 aliphatic rings. The number of hydrogen-bond donors (Lipinski definition) is 1. The maximum absolute atomic E-state index is 12.2. The van der Waals surface area contributed by atoms with Gasteiger partial charge < -0.3 is 14.6 Å². The number of thioether (sulfide) groups is 1. The summed E-state index contributed by atoms with van der Waals surface area (Å²) in [6.07, 6.45) is 1.80. The van der Waals surface area contributed by atoms with Gasteiger partial charge in [-0.2, -0.15) is 0 Å². The molecule has 3 rings (SSSR count). The second-order valence-corrected chi connectivity index (χ2v) is 6.70. The molecule has 1 amide bonds. The lowest BCUT2D eigenvalue weighted by Crippen LogP contribution is -2.15.